The SMILES string of the molecule is COC(=O)C1C[C@@]2(C)C(=CC[C@@H]3[C@H]2CC[C@]2(C)CCC[C@@H]32)N(C)C1=O. The van der Waals surface area contributed by atoms with Crippen molar-refractivity contribution in [1.82, 2.24) is 4.90 Å². The minimum Gasteiger partial charge on any atom is -0.468 e. The van der Waals surface area contributed by atoms with E-state index in [-0.39, 0.29) is 17.3 Å². The Kier molecular flexibility index (Phi) is 3.82. The van der Waals surface area contributed by atoms with Crippen LogP contribution in [0.2, 0.25) is 0 Å². The summed E-state index contributed by atoms with van der Waals surface area (Å²) in [6.07, 6.45) is 10.6. The first-order valence-electron chi connectivity index (χ1n) is 9.88. The van der Waals surface area contributed by atoms with Crippen LogP contribution in [0.4, 0.5) is 0 Å². The molecule has 0 radical (unpaired) electrons. The lowest BCUT2D eigenvalue weighted by atomic mass is 9.49. The number of esters is 1. The van der Waals surface area contributed by atoms with Crippen LogP contribution in [0.1, 0.15) is 58.8 Å². The molecule has 4 heteroatoms. The number of hydrogen-bond donors (Lipinski definition) is 0. The van der Waals surface area contributed by atoms with Crippen molar-refractivity contribution in [2.75, 3.05) is 14.2 Å². The van der Waals surface area contributed by atoms with E-state index in [0.717, 1.165) is 18.0 Å². The molecule has 0 aromatic heterocycles. The predicted octanol–water partition coefficient (Wildman–Crippen LogP) is 3.76. The van der Waals surface area contributed by atoms with E-state index >= 15 is 0 Å². The molecule has 4 nitrogen and oxygen atoms in total. The Hall–Kier alpha value is -1.32. The summed E-state index contributed by atoms with van der Waals surface area (Å²) in [5.74, 6) is 0.964. The summed E-state index contributed by atoms with van der Waals surface area (Å²) >= 11 is 0. The molecule has 0 N–H and O–H groups in total. The lowest BCUT2D eigenvalue weighted by molar-refractivity contribution is -0.160. The van der Waals surface area contributed by atoms with Gasteiger partial charge in [0.1, 0.15) is 5.92 Å². The topological polar surface area (TPSA) is 46.6 Å². The Morgan fingerprint density at radius 3 is 2.72 bits per heavy atom. The number of carbonyl (C=O) groups excluding carboxylic acids is 2. The number of hydrogen-bond acceptors (Lipinski definition) is 3. The van der Waals surface area contributed by atoms with Gasteiger partial charge < -0.3 is 9.64 Å². The van der Waals surface area contributed by atoms with Gasteiger partial charge >= 0.3 is 5.97 Å². The minimum absolute atomic E-state index is 0.0889. The maximum atomic E-state index is 12.7. The Morgan fingerprint density at radius 2 is 2.00 bits per heavy atom. The molecule has 1 unspecified atom stereocenters. The number of likely N-dealkylation sites (tertiary alicyclic amines) is 1. The van der Waals surface area contributed by atoms with E-state index in [1.54, 1.807) is 4.90 Å². The lowest BCUT2D eigenvalue weighted by Crippen LogP contribution is -2.56. The number of rotatable bonds is 1. The molecule has 6 atom stereocenters. The summed E-state index contributed by atoms with van der Waals surface area (Å²) in [5, 5.41) is 0. The minimum atomic E-state index is -0.646. The van der Waals surface area contributed by atoms with Gasteiger partial charge in [0.2, 0.25) is 5.91 Å². The molecular formula is C21H31NO3. The molecule has 1 saturated heterocycles. The Bertz CT molecular complexity index is 641. The third-order valence-corrected chi connectivity index (χ3v) is 8.31. The van der Waals surface area contributed by atoms with Crippen molar-refractivity contribution in [3.05, 3.63) is 11.8 Å². The summed E-state index contributed by atoms with van der Waals surface area (Å²) in [4.78, 5) is 26.7. The van der Waals surface area contributed by atoms with E-state index in [2.05, 4.69) is 19.9 Å². The second-order valence-corrected chi connectivity index (χ2v) is 9.38. The summed E-state index contributed by atoms with van der Waals surface area (Å²) in [6, 6.07) is 0. The first kappa shape index (κ1) is 17.1. The highest BCUT2D eigenvalue weighted by Crippen LogP contribution is 2.64. The molecule has 1 heterocycles. The van der Waals surface area contributed by atoms with E-state index in [0.29, 0.717) is 23.7 Å². The van der Waals surface area contributed by atoms with Crippen molar-refractivity contribution < 1.29 is 14.3 Å². The van der Waals surface area contributed by atoms with Gasteiger partial charge in [0.05, 0.1) is 7.11 Å². The first-order valence-corrected chi connectivity index (χ1v) is 9.88. The molecule has 25 heavy (non-hydrogen) atoms. The highest BCUT2D eigenvalue weighted by molar-refractivity contribution is 5.99. The van der Waals surface area contributed by atoms with Gasteiger partial charge in [-0.05, 0) is 61.7 Å². The Morgan fingerprint density at radius 1 is 1.24 bits per heavy atom. The smallest absolute Gasteiger partial charge is 0.318 e. The van der Waals surface area contributed by atoms with Crippen molar-refractivity contribution >= 4 is 11.9 Å². The summed E-state index contributed by atoms with van der Waals surface area (Å²) < 4.78 is 4.95. The molecule has 0 bridgehead atoms. The number of allylic oxidation sites excluding steroid dienone is 2. The van der Waals surface area contributed by atoms with E-state index in [9.17, 15) is 9.59 Å². The van der Waals surface area contributed by atoms with Crippen LogP contribution in [0.5, 0.6) is 0 Å². The van der Waals surface area contributed by atoms with Crippen molar-refractivity contribution in [3.63, 3.8) is 0 Å². The number of carbonyl (C=O) groups is 2. The molecule has 0 aromatic rings. The monoisotopic (exact) mass is 345 g/mol. The van der Waals surface area contributed by atoms with Gasteiger partial charge in [-0.15, -0.1) is 0 Å². The molecule has 4 rings (SSSR count). The standard InChI is InChI=1S/C21H31NO3/c1-20-10-5-6-15(20)13-7-8-17-21(2,16(13)9-11-20)12-14(19(24)25-4)18(23)22(17)3/h8,13-16H,5-7,9-12H2,1-4H3/t13-,14?,15-,16+,20-,21+/m0/s1. The molecule has 2 saturated carbocycles. The molecule has 4 aliphatic rings. The summed E-state index contributed by atoms with van der Waals surface area (Å²) in [6.45, 7) is 4.79. The molecule has 3 fully saturated rings. The largest absolute Gasteiger partial charge is 0.468 e. The van der Waals surface area contributed by atoms with E-state index in [1.807, 2.05) is 7.05 Å². The van der Waals surface area contributed by atoms with E-state index in [1.165, 1.54) is 39.2 Å². The normalized spacial score (nSPS) is 46.0. The van der Waals surface area contributed by atoms with Crippen LogP contribution >= 0.6 is 0 Å². The molecule has 1 aliphatic heterocycles. The van der Waals surface area contributed by atoms with Crippen LogP contribution in [-0.2, 0) is 14.3 Å². The van der Waals surface area contributed by atoms with Gasteiger partial charge in [0.15, 0.2) is 0 Å². The molecule has 0 aromatic carbocycles. The number of fused-ring (bicyclic) bond motifs is 5. The molecule has 138 valence electrons. The molecular weight excluding hydrogens is 314 g/mol. The van der Waals surface area contributed by atoms with E-state index in [4.69, 9.17) is 4.74 Å². The number of ether oxygens (including phenoxy) is 1. The predicted molar refractivity (Wildman–Crippen MR) is 95.4 cm³/mol. The molecule has 3 aliphatic carbocycles. The zero-order valence-electron chi connectivity index (χ0n) is 16.0. The Labute approximate surface area is 151 Å². The zero-order chi connectivity index (χ0) is 18.0. The maximum absolute atomic E-state index is 12.7. The average Bonchev–Trinajstić information content (AvgIpc) is 2.99. The zero-order valence-corrected chi connectivity index (χ0v) is 16.0. The van der Waals surface area contributed by atoms with Crippen LogP contribution in [0.25, 0.3) is 0 Å². The van der Waals surface area contributed by atoms with Crippen molar-refractivity contribution in [3.8, 4) is 0 Å². The number of amides is 1. The van der Waals surface area contributed by atoms with Crippen LogP contribution < -0.4 is 0 Å². The van der Waals surface area contributed by atoms with Crippen LogP contribution in [0.3, 0.4) is 0 Å². The van der Waals surface area contributed by atoms with Crippen molar-refractivity contribution in [2.24, 2.45) is 34.5 Å². The van der Waals surface area contributed by atoms with Gasteiger partial charge in [-0.25, -0.2) is 0 Å². The van der Waals surface area contributed by atoms with Crippen molar-refractivity contribution in [1.29, 1.82) is 0 Å². The van der Waals surface area contributed by atoms with Crippen molar-refractivity contribution in [2.45, 2.75) is 58.8 Å². The number of piperidine rings is 1. The van der Waals surface area contributed by atoms with Gasteiger partial charge in [0.25, 0.3) is 0 Å². The molecule has 1 amide bonds. The second kappa shape index (κ2) is 5.59. The average molecular weight is 345 g/mol. The van der Waals surface area contributed by atoms with Gasteiger partial charge in [-0.1, -0.05) is 26.3 Å². The second-order valence-electron chi connectivity index (χ2n) is 9.38. The van der Waals surface area contributed by atoms with Gasteiger partial charge in [-0.2, -0.15) is 0 Å². The lowest BCUT2D eigenvalue weighted by Gasteiger charge is -2.58. The number of nitrogens with zero attached hydrogens (tertiary/aromatic N) is 1. The van der Waals surface area contributed by atoms with Crippen LogP contribution in [0.15, 0.2) is 11.8 Å². The highest BCUT2D eigenvalue weighted by Gasteiger charge is 2.59. The molecule has 0 spiro atoms. The van der Waals surface area contributed by atoms with Crippen LogP contribution in [0, 0.1) is 34.5 Å². The quantitative estimate of drug-likeness (QED) is 0.537. The number of methoxy groups -OCH3 is 1. The Balaban J connectivity index is 1.72. The fraction of sp³-hybridized carbons (Fsp3) is 0.810. The van der Waals surface area contributed by atoms with Gasteiger partial charge in [0, 0.05) is 18.2 Å². The third kappa shape index (κ3) is 2.25. The third-order valence-electron chi connectivity index (χ3n) is 8.31. The fourth-order valence-corrected chi connectivity index (χ4v) is 7.04. The summed E-state index contributed by atoms with van der Waals surface area (Å²) in [7, 11) is 3.22. The van der Waals surface area contributed by atoms with Crippen LogP contribution in [-0.4, -0.2) is 30.9 Å². The summed E-state index contributed by atoms with van der Waals surface area (Å²) in [5.41, 5.74) is 1.58. The van der Waals surface area contributed by atoms with Gasteiger partial charge in [-0.3, -0.25) is 9.59 Å². The highest BCUT2D eigenvalue weighted by atomic mass is 16.5. The fourth-order valence-electron chi connectivity index (χ4n) is 7.04. The van der Waals surface area contributed by atoms with E-state index < -0.39 is 5.92 Å². The maximum Gasteiger partial charge on any atom is 0.318 e. The first-order chi connectivity index (χ1) is 11.8.